The SMILES string of the molecule is N#CCCN(CCC#N)S(=O)(=O)c1ccc(C(=O)O)o1. The Balaban J connectivity index is 3.05. The van der Waals surface area contributed by atoms with Crippen molar-refractivity contribution in [2.75, 3.05) is 13.1 Å². The molecule has 0 fully saturated rings. The molecule has 0 bridgehead atoms. The van der Waals surface area contributed by atoms with Gasteiger partial charge in [-0.3, -0.25) is 0 Å². The lowest BCUT2D eigenvalue weighted by Crippen LogP contribution is -2.32. The van der Waals surface area contributed by atoms with E-state index in [2.05, 4.69) is 0 Å². The van der Waals surface area contributed by atoms with Crippen LogP contribution in [0.2, 0.25) is 0 Å². The number of aromatic carboxylic acids is 1. The summed E-state index contributed by atoms with van der Waals surface area (Å²) in [5.74, 6) is -1.88. The van der Waals surface area contributed by atoms with Crippen molar-refractivity contribution in [2.24, 2.45) is 0 Å². The molecule has 0 atom stereocenters. The number of furan rings is 1. The van der Waals surface area contributed by atoms with Gasteiger partial charge in [0.05, 0.1) is 12.1 Å². The third kappa shape index (κ3) is 3.57. The van der Waals surface area contributed by atoms with Gasteiger partial charge in [0, 0.05) is 25.9 Å². The number of rotatable bonds is 7. The molecule has 0 unspecified atom stereocenters. The third-order valence-electron chi connectivity index (χ3n) is 2.33. The van der Waals surface area contributed by atoms with E-state index in [0.29, 0.717) is 0 Å². The minimum Gasteiger partial charge on any atom is -0.475 e. The quantitative estimate of drug-likeness (QED) is 0.785. The molecule has 1 aromatic heterocycles. The van der Waals surface area contributed by atoms with Gasteiger partial charge < -0.3 is 9.52 Å². The van der Waals surface area contributed by atoms with Crippen molar-refractivity contribution in [1.29, 1.82) is 10.5 Å². The van der Waals surface area contributed by atoms with Gasteiger partial charge in [0.15, 0.2) is 0 Å². The summed E-state index contributed by atoms with van der Waals surface area (Å²) in [5, 5.41) is 25.2. The van der Waals surface area contributed by atoms with Crippen molar-refractivity contribution < 1.29 is 22.7 Å². The average Bonchev–Trinajstić information content (AvgIpc) is 2.89. The second-order valence-electron chi connectivity index (χ2n) is 3.64. The summed E-state index contributed by atoms with van der Waals surface area (Å²) in [6, 6.07) is 5.68. The van der Waals surface area contributed by atoms with E-state index in [-0.39, 0.29) is 25.9 Å². The van der Waals surface area contributed by atoms with Crippen LogP contribution in [0.1, 0.15) is 23.4 Å². The fourth-order valence-electron chi connectivity index (χ4n) is 1.40. The van der Waals surface area contributed by atoms with Crippen LogP contribution in [0.25, 0.3) is 0 Å². The van der Waals surface area contributed by atoms with E-state index in [1.165, 1.54) is 0 Å². The molecule has 0 aliphatic carbocycles. The highest BCUT2D eigenvalue weighted by Crippen LogP contribution is 2.19. The topological polar surface area (TPSA) is 135 Å². The zero-order chi connectivity index (χ0) is 15.2. The second kappa shape index (κ2) is 6.70. The largest absolute Gasteiger partial charge is 0.475 e. The van der Waals surface area contributed by atoms with E-state index < -0.39 is 26.8 Å². The average molecular weight is 297 g/mol. The molecule has 8 nitrogen and oxygen atoms in total. The molecule has 1 N–H and O–H groups in total. The predicted molar refractivity (Wildman–Crippen MR) is 64.9 cm³/mol. The summed E-state index contributed by atoms with van der Waals surface area (Å²) in [7, 11) is -4.06. The summed E-state index contributed by atoms with van der Waals surface area (Å²) in [6.45, 7) is -0.187. The van der Waals surface area contributed by atoms with E-state index in [0.717, 1.165) is 16.4 Å². The highest BCUT2D eigenvalue weighted by atomic mass is 32.2. The predicted octanol–water partition coefficient (Wildman–Crippen LogP) is 0.796. The molecule has 0 aliphatic heterocycles. The molecule has 106 valence electrons. The Labute approximate surface area is 115 Å². The van der Waals surface area contributed by atoms with Gasteiger partial charge in [0.25, 0.3) is 10.0 Å². The summed E-state index contributed by atoms with van der Waals surface area (Å²) in [5.41, 5.74) is 0. The molecule has 0 spiro atoms. The zero-order valence-electron chi connectivity index (χ0n) is 10.3. The summed E-state index contributed by atoms with van der Waals surface area (Å²) >= 11 is 0. The van der Waals surface area contributed by atoms with Gasteiger partial charge in [0.2, 0.25) is 10.9 Å². The fourth-order valence-corrected chi connectivity index (χ4v) is 2.76. The molecule has 0 radical (unpaired) electrons. The maximum atomic E-state index is 12.2. The number of nitriles is 2. The van der Waals surface area contributed by atoms with Crippen molar-refractivity contribution in [2.45, 2.75) is 17.9 Å². The Morgan fingerprint density at radius 2 is 1.80 bits per heavy atom. The summed E-state index contributed by atoms with van der Waals surface area (Å²) in [6.07, 6.45) is -0.0890. The molecule has 1 rings (SSSR count). The van der Waals surface area contributed by atoms with Gasteiger partial charge in [-0.15, -0.1) is 0 Å². The van der Waals surface area contributed by atoms with Crippen LogP contribution < -0.4 is 0 Å². The van der Waals surface area contributed by atoms with Crippen LogP contribution in [0, 0.1) is 22.7 Å². The maximum Gasteiger partial charge on any atom is 0.371 e. The van der Waals surface area contributed by atoms with Crippen LogP contribution >= 0.6 is 0 Å². The zero-order valence-corrected chi connectivity index (χ0v) is 11.1. The summed E-state index contributed by atoms with van der Waals surface area (Å²) < 4.78 is 30.1. The van der Waals surface area contributed by atoms with Crippen LogP contribution in [0.4, 0.5) is 0 Å². The Kier molecular flexibility index (Phi) is 5.26. The van der Waals surface area contributed by atoms with Gasteiger partial charge in [-0.2, -0.15) is 14.8 Å². The lowest BCUT2D eigenvalue weighted by molar-refractivity contribution is 0.0656. The smallest absolute Gasteiger partial charge is 0.371 e. The summed E-state index contributed by atoms with van der Waals surface area (Å²) in [4.78, 5) is 10.7. The molecule has 0 saturated heterocycles. The van der Waals surface area contributed by atoms with Gasteiger partial charge in [-0.05, 0) is 12.1 Å². The van der Waals surface area contributed by atoms with Crippen molar-refractivity contribution >= 4 is 16.0 Å². The molecular weight excluding hydrogens is 286 g/mol. The first-order chi connectivity index (χ1) is 9.43. The van der Waals surface area contributed by atoms with E-state index in [9.17, 15) is 13.2 Å². The first-order valence-electron chi connectivity index (χ1n) is 5.50. The lowest BCUT2D eigenvalue weighted by atomic mass is 10.4. The van der Waals surface area contributed by atoms with Crippen LogP contribution in [0.15, 0.2) is 21.6 Å². The molecule has 0 aliphatic rings. The van der Waals surface area contributed by atoms with E-state index >= 15 is 0 Å². The Hall–Kier alpha value is -2.36. The molecular formula is C11H11N3O5S. The highest BCUT2D eigenvalue weighted by Gasteiger charge is 2.28. The minimum absolute atomic E-state index is 0.0445. The van der Waals surface area contributed by atoms with Crippen LogP contribution in [-0.4, -0.2) is 36.9 Å². The first-order valence-corrected chi connectivity index (χ1v) is 6.94. The number of sulfonamides is 1. The van der Waals surface area contributed by atoms with Crippen LogP contribution in [0.5, 0.6) is 0 Å². The molecule has 20 heavy (non-hydrogen) atoms. The molecule has 0 saturated carbocycles. The Morgan fingerprint density at radius 1 is 1.25 bits per heavy atom. The van der Waals surface area contributed by atoms with Gasteiger partial charge in [-0.1, -0.05) is 0 Å². The third-order valence-corrected chi connectivity index (χ3v) is 4.11. The van der Waals surface area contributed by atoms with Gasteiger partial charge >= 0.3 is 5.97 Å². The van der Waals surface area contributed by atoms with Crippen molar-refractivity contribution in [3.63, 3.8) is 0 Å². The van der Waals surface area contributed by atoms with Crippen LogP contribution in [0.3, 0.4) is 0 Å². The Morgan fingerprint density at radius 3 is 2.20 bits per heavy atom. The second-order valence-corrected chi connectivity index (χ2v) is 5.51. The van der Waals surface area contributed by atoms with Crippen molar-refractivity contribution in [3.05, 3.63) is 17.9 Å². The van der Waals surface area contributed by atoms with Gasteiger partial charge in [-0.25, -0.2) is 13.2 Å². The Bertz CT molecular complexity index is 647. The molecule has 0 aromatic carbocycles. The minimum atomic E-state index is -4.06. The van der Waals surface area contributed by atoms with Crippen molar-refractivity contribution in [1.82, 2.24) is 4.31 Å². The molecule has 0 amide bonds. The number of hydrogen-bond donors (Lipinski definition) is 1. The molecule has 1 aromatic rings. The number of carboxylic acid groups (broad SMARTS) is 1. The maximum absolute atomic E-state index is 12.2. The van der Waals surface area contributed by atoms with E-state index in [4.69, 9.17) is 20.0 Å². The standard InChI is InChI=1S/C11H11N3O5S/c12-5-1-7-14(8-2-6-13)20(17,18)10-4-3-9(19-10)11(15)16/h3-4H,1-2,7-8H2,(H,15,16). The monoisotopic (exact) mass is 297 g/mol. The number of hydrogen-bond acceptors (Lipinski definition) is 6. The highest BCUT2D eigenvalue weighted by molar-refractivity contribution is 7.89. The number of carboxylic acids is 1. The number of nitrogens with zero attached hydrogens (tertiary/aromatic N) is 3. The van der Waals surface area contributed by atoms with Crippen molar-refractivity contribution in [3.8, 4) is 12.1 Å². The molecule has 9 heteroatoms. The number of carbonyl (C=O) groups is 1. The first kappa shape index (κ1) is 15.7. The van der Waals surface area contributed by atoms with Crippen LogP contribution in [-0.2, 0) is 10.0 Å². The van der Waals surface area contributed by atoms with E-state index in [1.807, 2.05) is 12.1 Å². The van der Waals surface area contributed by atoms with Gasteiger partial charge in [0.1, 0.15) is 0 Å². The van der Waals surface area contributed by atoms with E-state index in [1.54, 1.807) is 0 Å². The molecule has 1 heterocycles. The fraction of sp³-hybridized carbons (Fsp3) is 0.364. The lowest BCUT2D eigenvalue weighted by Gasteiger charge is -2.17. The normalized spacial score (nSPS) is 10.9.